The van der Waals surface area contributed by atoms with Crippen LogP contribution in [0.15, 0.2) is 84.0 Å². The zero-order chi connectivity index (χ0) is 23.5. The third kappa shape index (κ3) is 7.79. The topological polar surface area (TPSA) is 109 Å². The molecule has 3 N–H and O–H groups in total. The second kappa shape index (κ2) is 12.0. The Morgan fingerprint density at radius 1 is 0.879 bits per heavy atom. The number of hydrogen-bond donors (Lipinski definition) is 3. The summed E-state index contributed by atoms with van der Waals surface area (Å²) in [4.78, 5) is 35.9. The van der Waals surface area contributed by atoms with Crippen molar-refractivity contribution in [1.29, 1.82) is 0 Å². The Hall–Kier alpha value is -4.17. The van der Waals surface area contributed by atoms with E-state index in [-0.39, 0.29) is 19.1 Å². The van der Waals surface area contributed by atoms with E-state index in [1.54, 1.807) is 48.5 Å². The molecule has 3 aromatic carbocycles. The maximum atomic E-state index is 12.1. The summed E-state index contributed by atoms with van der Waals surface area (Å²) in [7, 11) is 0. The van der Waals surface area contributed by atoms with Crippen LogP contribution in [0.4, 0.5) is 5.69 Å². The minimum Gasteiger partial charge on any atom is -0.483 e. The Bertz CT molecular complexity index is 1130. The maximum Gasteiger partial charge on any atom is 0.329 e. The van der Waals surface area contributed by atoms with Crippen molar-refractivity contribution in [2.45, 2.75) is 6.54 Å². The van der Waals surface area contributed by atoms with Crippen LogP contribution in [-0.2, 0) is 20.9 Å². The largest absolute Gasteiger partial charge is 0.483 e. The average Bonchev–Trinajstić information content (AvgIpc) is 2.84. The molecule has 3 amide bonds. The number of carbonyl (C=O) groups excluding carboxylic acids is 3. The minimum absolute atomic E-state index is 0.228. The van der Waals surface area contributed by atoms with E-state index in [2.05, 4.69) is 21.2 Å². The number of hydrogen-bond acceptors (Lipinski definition) is 5. The molecular formula is C24H21ClN4O4. The summed E-state index contributed by atoms with van der Waals surface area (Å²) in [6, 6.07) is 22.7. The average molecular weight is 465 g/mol. The highest BCUT2D eigenvalue weighted by atomic mass is 35.5. The molecule has 0 aliphatic rings. The molecule has 0 aliphatic heterocycles. The lowest BCUT2D eigenvalue weighted by Crippen LogP contribution is -2.37. The van der Waals surface area contributed by atoms with Crippen LogP contribution in [0.25, 0.3) is 0 Å². The highest BCUT2D eigenvalue weighted by Crippen LogP contribution is 2.16. The molecule has 0 saturated carbocycles. The predicted octanol–water partition coefficient (Wildman–Crippen LogP) is 3.12. The Labute approximate surface area is 195 Å². The lowest BCUT2D eigenvalue weighted by Gasteiger charge is -2.09. The van der Waals surface area contributed by atoms with Gasteiger partial charge >= 0.3 is 11.8 Å². The molecule has 3 aromatic rings. The van der Waals surface area contributed by atoms with E-state index in [0.717, 1.165) is 5.56 Å². The Morgan fingerprint density at radius 3 is 2.33 bits per heavy atom. The number of anilines is 1. The van der Waals surface area contributed by atoms with E-state index in [1.165, 1.54) is 6.21 Å². The van der Waals surface area contributed by atoms with Gasteiger partial charge in [-0.15, -0.1) is 0 Å². The molecule has 0 spiro atoms. The number of benzene rings is 3. The van der Waals surface area contributed by atoms with Crippen molar-refractivity contribution in [3.8, 4) is 5.75 Å². The molecule has 3 rings (SSSR count). The monoisotopic (exact) mass is 464 g/mol. The van der Waals surface area contributed by atoms with Gasteiger partial charge in [-0.1, -0.05) is 54.1 Å². The number of rotatable bonds is 8. The fraction of sp³-hybridized carbons (Fsp3) is 0.0833. The first-order valence-electron chi connectivity index (χ1n) is 9.93. The van der Waals surface area contributed by atoms with Gasteiger partial charge < -0.3 is 15.4 Å². The molecule has 8 nitrogen and oxygen atoms in total. The molecule has 0 bridgehead atoms. The standard InChI is InChI=1S/C24H21ClN4O4/c25-19-10-12-20(13-11-19)28-22(30)16-33-21-9-5-4-8-18(21)15-27-29-24(32)23(31)26-14-17-6-2-1-3-7-17/h1-13,15H,14,16H2,(H,26,31)(H,28,30)(H,29,32)/b27-15-. The van der Waals surface area contributed by atoms with Gasteiger partial charge in [-0.2, -0.15) is 5.10 Å². The fourth-order valence-electron chi connectivity index (χ4n) is 2.66. The summed E-state index contributed by atoms with van der Waals surface area (Å²) in [6.07, 6.45) is 1.33. The molecule has 0 atom stereocenters. The van der Waals surface area contributed by atoms with Crippen LogP contribution in [0.1, 0.15) is 11.1 Å². The zero-order valence-corrected chi connectivity index (χ0v) is 18.2. The molecule has 0 fully saturated rings. The van der Waals surface area contributed by atoms with Crippen LogP contribution in [-0.4, -0.2) is 30.5 Å². The molecular weight excluding hydrogens is 444 g/mol. The summed E-state index contributed by atoms with van der Waals surface area (Å²) in [5.74, 6) is -1.68. The first-order valence-corrected chi connectivity index (χ1v) is 10.3. The molecule has 0 radical (unpaired) electrons. The second-order valence-corrected chi connectivity index (χ2v) is 7.19. The first-order chi connectivity index (χ1) is 16.0. The maximum absolute atomic E-state index is 12.1. The van der Waals surface area contributed by atoms with Gasteiger partial charge in [0, 0.05) is 22.8 Å². The SMILES string of the molecule is O=C(COc1ccccc1/C=N\NC(=O)C(=O)NCc1ccccc1)Nc1ccc(Cl)cc1. The highest BCUT2D eigenvalue weighted by Gasteiger charge is 2.12. The van der Waals surface area contributed by atoms with Crippen molar-refractivity contribution < 1.29 is 19.1 Å². The van der Waals surface area contributed by atoms with E-state index in [1.807, 2.05) is 30.3 Å². The molecule has 0 aliphatic carbocycles. The third-order valence-corrected chi connectivity index (χ3v) is 4.53. The number of nitrogens with one attached hydrogen (secondary N) is 3. The van der Waals surface area contributed by atoms with E-state index in [0.29, 0.717) is 22.0 Å². The predicted molar refractivity (Wildman–Crippen MR) is 126 cm³/mol. The number of amides is 3. The van der Waals surface area contributed by atoms with Crippen LogP contribution < -0.4 is 20.8 Å². The van der Waals surface area contributed by atoms with Gasteiger partial charge in [0.1, 0.15) is 5.75 Å². The summed E-state index contributed by atoms with van der Waals surface area (Å²) >= 11 is 5.83. The van der Waals surface area contributed by atoms with Crippen molar-refractivity contribution >= 4 is 41.2 Å². The summed E-state index contributed by atoms with van der Waals surface area (Å²) in [6.45, 7) is -0.00665. The van der Waals surface area contributed by atoms with Crippen molar-refractivity contribution in [2.75, 3.05) is 11.9 Å². The fourth-order valence-corrected chi connectivity index (χ4v) is 2.79. The molecule has 33 heavy (non-hydrogen) atoms. The normalized spacial score (nSPS) is 10.5. The van der Waals surface area contributed by atoms with E-state index in [9.17, 15) is 14.4 Å². The molecule has 0 heterocycles. The molecule has 0 aromatic heterocycles. The molecule has 0 saturated heterocycles. The Balaban J connectivity index is 1.48. The van der Waals surface area contributed by atoms with Gasteiger partial charge in [-0.05, 0) is 42.0 Å². The van der Waals surface area contributed by atoms with E-state index in [4.69, 9.17) is 16.3 Å². The van der Waals surface area contributed by atoms with Gasteiger partial charge in [0.2, 0.25) is 0 Å². The molecule has 168 valence electrons. The van der Waals surface area contributed by atoms with Crippen molar-refractivity contribution in [3.05, 3.63) is 95.0 Å². The van der Waals surface area contributed by atoms with Gasteiger partial charge in [-0.25, -0.2) is 5.43 Å². The van der Waals surface area contributed by atoms with Gasteiger partial charge in [-0.3, -0.25) is 14.4 Å². The number of para-hydroxylation sites is 1. The van der Waals surface area contributed by atoms with Gasteiger partial charge in [0.25, 0.3) is 5.91 Å². The quantitative estimate of drug-likeness (QED) is 0.270. The highest BCUT2D eigenvalue weighted by molar-refractivity contribution is 6.35. The smallest absolute Gasteiger partial charge is 0.329 e. The van der Waals surface area contributed by atoms with E-state index >= 15 is 0 Å². The zero-order valence-electron chi connectivity index (χ0n) is 17.5. The van der Waals surface area contributed by atoms with E-state index < -0.39 is 11.8 Å². The second-order valence-electron chi connectivity index (χ2n) is 6.75. The number of halogens is 1. The Morgan fingerprint density at radius 2 is 1.58 bits per heavy atom. The summed E-state index contributed by atoms with van der Waals surface area (Å²) in [5.41, 5.74) is 4.15. The third-order valence-electron chi connectivity index (χ3n) is 4.28. The number of carbonyl (C=O) groups is 3. The first kappa shape index (κ1) is 23.5. The lowest BCUT2D eigenvalue weighted by molar-refractivity contribution is -0.139. The van der Waals surface area contributed by atoms with Crippen LogP contribution >= 0.6 is 11.6 Å². The number of nitrogens with zero attached hydrogens (tertiary/aromatic N) is 1. The summed E-state index contributed by atoms with van der Waals surface area (Å²) in [5, 5.41) is 9.58. The van der Waals surface area contributed by atoms with Crippen molar-refractivity contribution in [3.63, 3.8) is 0 Å². The van der Waals surface area contributed by atoms with Gasteiger partial charge in [0.05, 0.1) is 6.21 Å². The minimum atomic E-state index is -0.900. The van der Waals surface area contributed by atoms with Crippen LogP contribution in [0, 0.1) is 0 Å². The van der Waals surface area contributed by atoms with Crippen LogP contribution in [0.5, 0.6) is 5.75 Å². The number of ether oxygens (including phenoxy) is 1. The van der Waals surface area contributed by atoms with Crippen LogP contribution in [0.2, 0.25) is 5.02 Å². The molecule has 0 unspecified atom stereocenters. The van der Waals surface area contributed by atoms with Crippen LogP contribution in [0.3, 0.4) is 0 Å². The van der Waals surface area contributed by atoms with Crippen molar-refractivity contribution in [2.24, 2.45) is 5.10 Å². The Kier molecular flexibility index (Phi) is 8.55. The lowest BCUT2D eigenvalue weighted by atomic mass is 10.2. The number of hydrazone groups is 1. The van der Waals surface area contributed by atoms with Gasteiger partial charge in [0.15, 0.2) is 6.61 Å². The van der Waals surface area contributed by atoms with Crippen molar-refractivity contribution in [1.82, 2.24) is 10.7 Å². The molecule has 9 heteroatoms. The summed E-state index contributed by atoms with van der Waals surface area (Å²) < 4.78 is 5.57.